The highest BCUT2D eigenvalue weighted by Crippen LogP contribution is 2.26. The molecule has 1 heterocycles. The summed E-state index contributed by atoms with van der Waals surface area (Å²) in [7, 11) is 0. The highest BCUT2D eigenvalue weighted by molar-refractivity contribution is 5.81. The Bertz CT molecular complexity index is 710. The van der Waals surface area contributed by atoms with Crippen LogP contribution < -0.4 is 15.7 Å². The molecule has 0 amide bonds. The molecule has 0 aliphatic carbocycles. The van der Waals surface area contributed by atoms with Crippen LogP contribution >= 0.6 is 0 Å². The predicted octanol–water partition coefficient (Wildman–Crippen LogP) is 1.63. The van der Waals surface area contributed by atoms with Crippen molar-refractivity contribution < 1.29 is 9.84 Å². The van der Waals surface area contributed by atoms with Gasteiger partial charge in [0.2, 0.25) is 5.95 Å². The predicted molar refractivity (Wildman–Crippen MR) is 80.1 cm³/mol. The highest BCUT2D eigenvalue weighted by Gasteiger charge is 2.02. The number of nitrogens with one attached hydrogen (secondary N) is 2. The third-order valence-corrected chi connectivity index (χ3v) is 2.65. The Morgan fingerprint density at radius 2 is 2.33 bits per heavy atom. The lowest BCUT2D eigenvalue weighted by Gasteiger charge is -2.06. The summed E-state index contributed by atoms with van der Waals surface area (Å²) in [6, 6.07) is 4.88. The van der Waals surface area contributed by atoms with E-state index in [1.54, 1.807) is 19.1 Å². The van der Waals surface area contributed by atoms with Gasteiger partial charge in [0.15, 0.2) is 11.5 Å². The van der Waals surface area contributed by atoms with Crippen LogP contribution in [0.15, 0.2) is 34.3 Å². The van der Waals surface area contributed by atoms with Crippen LogP contribution in [0.25, 0.3) is 0 Å². The number of aryl methyl sites for hydroxylation is 1. The minimum absolute atomic E-state index is 0.0755. The van der Waals surface area contributed by atoms with E-state index in [4.69, 9.17) is 4.74 Å². The number of hydrogen-bond acceptors (Lipinski definition) is 6. The molecule has 2 aromatic rings. The molecule has 0 saturated heterocycles. The second-order valence-corrected chi connectivity index (χ2v) is 4.27. The lowest BCUT2D eigenvalue weighted by atomic mass is 10.2. The van der Waals surface area contributed by atoms with Crippen molar-refractivity contribution in [2.75, 3.05) is 12.0 Å². The fraction of sp³-hybridized carbons (Fsp3) is 0.214. The Morgan fingerprint density at radius 1 is 1.52 bits per heavy atom. The van der Waals surface area contributed by atoms with E-state index in [9.17, 15) is 9.90 Å². The zero-order valence-corrected chi connectivity index (χ0v) is 11.8. The van der Waals surface area contributed by atoms with Crippen molar-refractivity contribution in [2.24, 2.45) is 5.10 Å². The second-order valence-electron chi connectivity index (χ2n) is 4.27. The quantitative estimate of drug-likeness (QED) is 0.573. The first-order chi connectivity index (χ1) is 10.1. The van der Waals surface area contributed by atoms with Gasteiger partial charge in [-0.2, -0.15) is 5.10 Å². The third kappa shape index (κ3) is 3.82. The fourth-order valence-electron chi connectivity index (χ4n) is 1.57. The maximum Gasteiger partial charge on any atom is 0.255 e. The van der Waals surface area contributed by atoms with Crippen LogP contribution in [-0.4, -0.2) is 27.9 Å². The van der Waals surface area contributed by atoms with Crippen LogP contribution in [0.2, 0.25) is 0 Å². The van der Waals surface area contributed by atoms with Crippen LogP contribution in [0.5, 0.6) is 11.5 Å². The molecular formula is C14H16N4O3. The molecule has 0 unspecified atom stereocenters. The number of H-pyrrole nitrogens is 1. The van der Waals surface area contributed by atoms with E-state index in [1.807, 2.05) is 6.92 Å². The second kappa shape index (κ2) is 6.56. The van der Waals surface area contributed by atoms with Gasteiger partial charge in [-0.15, -0.1) is 0 Å². The van der Waals surface area contributed by atoms with Gasteiger partial charge in [0.1, 0.15) is 0 Å². The molecule has 110 valence electrons. The molecule has 0 saturated carbocycles. The van der Waals surface area contributed by atoms with E-state index in [0.717, 1.165) is 5.56 Å². The first-order valence-electron chi connectivity index (χ1n) is 6.41. The van der Waals surface area contributed by atoms with Crippen molar-refractivity contribution in [3.63, 3.8) is 0 Å². The summed E-state index contributed by atoms with van der Waals surface area (Å²) in [5.41, 5.74) is 3.68. The number of anilines is 1. The van der Waals surface area contributed by atoms with E-state index in [2.05, 4.69) is 20.5 Å². The number of phenolic OH excluding ortho intramolecular Hbond substituents is 1. The molecule has 1 aromatic heterocycles. The molecule has 0 bridgehead atoms. The zero-order chi connectivity index (χ0) is 15.2. The number of aromatic hydroxyl groups is 1. The molecule has 2 rings (SSSR count). The molecule has 0 spiro atoms. The number of nitrogens with zero attached hydrogens (tertiary/aromatic N) is 2. The Hall–Kier alpha value is -2.83. The van der Waals surface area contributed by atoms with Crippen LogP contribution in [-0.2, 0) is 0 Å². The number of aromatic nitrogens is 2. The molecule has 21 heavy (non-hydrogen) atoms. The maximum atomic E-state index is 11.4. The molecule has 7 heteroatoms. The summed E-state index contributed by atoms with van der Waals surface area (Å²) < 4.78 is 5.28. The van der Waals surface area contributed by atoms with Crippen molar-refractivity contribution in [3.05, 3.63) is 45.9 Å². The first-order valence-corrected chi connectivity index (χ1v) is 6.41. The van der Waals surface area contributed by atoms with E-state index >= 15 is 0 Å². The minimum Gasteiger partial charge on any atom is -0.504 e. The SMILES string of the molecule is CCOc1cc(/C=N\Nc2ncc(C)c(=O)[nH]2)ccc1O. The van der Waals surface area contributed by atoms with Crippen molar-refractivity contribution >= 4 is 12.2 Å². The van der Waals surface area contributed by atoms with Gasteiger partial charge in [-0.1, -0.05) is 0 Å². The number of phenols is 1. The van der Waals surface area contributed by atoms with Gasteiger partial charge in [0.25, 0.3) is 5.56 Å². The normalized spacial score (nSPS) is 10.8. The Kier molecular flexibility index (Phi) is 4.55. The van der Waals surface area contributed by atoms with Crippen molar-refractivity contribution in [1.29, 1.82) is 0 Å². The maximum absolute atomic E-state index is 11.4. The van der Waals surface area contributed by atoms with E-state index in [-0.39, 0.29) is 17.3 Å². The van der Waals surface area contributed by atoms with E-state index in [1.165, 1.54) is 18.5 Å². The zero-order valence-electron chi connectivity index (χ0n) is 11.8. The molecule has 0 fully saturated rings. The number of benzene rings is 1. The van der Waals surface area contributed by atoms with Crippen LogP contribution in [0.4, 0.5) is 5.95 Å². The smallest absolute Gasteiger partial charge is 0.255 e. The average molecular weight is 288 g/mol. The van der Waals surface area contributed by atoms with Crippen molar-refractivity contribution in [2.45, 2.75) is 13.8 Å². The molecule has 0 radical (unpaired) electrons. The number of ether oxygens (including phenoxy) is 1. The molecular weight excluding hydrogens is 272 g/mol. The summed E-state index contributed by atoms with van der Waals surface area (Å²) in [4.78, 5) is 17.9. The average Bonchev–Trinajstić information content (AvgIpc) is 2.46. The number of hydrazone groups is 1. The number of hydrogen-bond donors (Lipinski definition) is 3. The number of aromatic amines is 1. The highest BCUT2D eigenvalue weighted by atomic mass is 16.5. The van der Waals surface area contributed by atoms with Gasteiger partial charge in [0, 0.05) is 11.8 Å². The van der Waals surface area contributed by atoms with Crippen LogP contribution in [0.1, 0.15) is 18.1 Å². The van der Waals surface area contributed by atoms with Gasteiger partial charge < -0.3 is 9.84 Å². The standard InChI is InChI=1S/C14H16N4O3/c1-3-21-12-6-10(4-5-11(12)19)8-16-18-14-15-7-9(2)13(20)17-14/h4-8,19H,3H2,1-2H3,(H2,15,17,18,20)/b16-8-. The molecule has 0 aliphatic heterocycles. The first kappa shape index (κ1) is 14.6. The molecule has 0 atom stereocenters. The Labute approximate surface area is 121 Å². The lowest BCUT2D eigenvalue weighted by Crippen LogP contribution is -2.12. The minimum atomic E-state index is -0.217. The van der Waals surface area contributed by atoms with Gasteiger partial charge in [0.05, 0.1) is 12.8 Å². The van der Waals surface area contributed by atoms with Gasteiger partial charge >= 0.3 is 0 Å². The molecule has 1 aromatic carbocycles. The fourth-order valence-corrected chi connectivity index (χ4v) is 1.57. The van der Waals surface area contributed by atoms with Crippen LogP contribution in [0, 0.1) is 6.92 Å². The summed E-state index contributed by atoms with van der Waals surface area (Å²) >= 11 is 0. The topological polar surface area (TPSA) is 99.6 Å². The third-order valence-electron chi connectivity index (χ3n) is 2.65. The largest absolute Gasteiger partial charge is 0.504 e. The van der Waals surface area contributed by atoms with Gasteiger partial charge in [-0.25, -0.2) is 10.4 Å². The summed E-state index contributed by atoms with van der Waals surface area (Å²) in [5, 5.41) is 13.6. The summed E-state index contributed by atoms with van der Waals surface area (Å²) in [6.45, 7) is 3.96. The number of rotatable bonds is 5. The molecule has 0 aliphatic rings. The van der Waals surface area contributed by atoms with Crippen molar-refractivity contribution in [3.8, 4) is 11.5 Å². The Balaban J connectivity index is 2.08. The monoisotopic (exact) mass is 288 g/mol. The lowest BCUT2D eigenvalue weighted by molar-refractivity contribution is 0.318. The van der Waals surface area contributed by atoms with Gasteiger partial charge in [-0.3, -0.25) is 9.78 Å². The molecule has 3 N–H and O–H groups in total. The van der Waals surface area contributed by atoms with Gasteiger partial charge in [-0.05, 0) is 37.6 Å². The molecule has 7 nitrogen and oxygen atoms in total. The van der Waals surface area contributed by atoms with Crippen LogP contribution in [0.3, 0.4) is 0 Å². The van der Waals surface area contributed by atoms with Crippen molar-refractivity contribution in [1.82, 2.24) is 9.97 Å². The Morgan fingerprint density at radius 3 is 3.05 bits per heavy atom. The summed E-state index contributed by atoms with van der Waals surface area (Å²) in [5.74, 6) is 0.723. The van der Waals surface area contributed by atoms with E-state index in [0.29, 0.717) is 17.9 Å². The summed E-state index contributed by atoms with van der Waals surface area (Å²) in [6.07, 6.45) is 2.99. The van der Waals surface area contributed by atoms with E-state index < -0.39 is 0 Å².